The van der Waals surface area contributed by atoms with Crippen molar-refractivity contribution in [3.8, 4) is 5.75 Å². The normalized spacial score (nSPS) is 11.3. The van der Waals surface area contributed by atoms with Gasteiger partial charge < -0.3 is 4.74 Å². The number of hydrogen-bond donors (Lipinski definition) is 1. The van der Waals surface area contributed by atoms with Gasteiger partial charge in [0, 0.05) is 23.3 Å². The van der Waals surface area contributed by atoms with E-state index >= 15 is 0 Å². The van der Waals surface area contributed by atoms with Crippen LogP contribution in [0.25, 0.3) is 0 Å². The second-order valence-corrected chi connectivity index (χ2v) is 4.85. The smallest absolute Gasteiger partial charge is 0.387 e. The van der Waals surface area contributed by atoms with Crippen LogP contribution in [0.15, 0.2) is 53.6 Å². The number of benzene rings is 2. The van der Waals surface area contributed by atoms with Gasteiger partial charge in [-0.25, -0.2) is 5.43 Å². The summed E-state index contributed by atoms with van der Waals surface area (Å²) < 4.78 is 28.7. The van der Waals surface area contributed by atoms with Crippen molar-refractivity contribution in [3.63, 3.8) is 0 Å². The number of nitro groups is 1. The number of nitro benzene ring substituents is 1. The lowest BCUT2D eigenvalue weighted by atomic mass is 10.1. The Balaban J connectivity index is 2.07. The van der Waals surface area contributed by atoms with Crippen molar-refractivity contribution < 1.29 is 23.2 Å². The summed E-state index contributed by atoms with van der Waals surface area (Å²) in [5.41, 5.74) is 3.21. The highest BCUT2D eigenvalue weighted by molar-refractivity contribution is 6.01. The zero-order valence-electron chi connectivity index (χ0n) is 13.0. The fraction of sp³-hybridized carbons (Fsp3) is 0.125. The Hall–Kier alpha value is -3.36. The summed E-state index contributed by atoms with van der Waals surface area (Å²) in [6.07, 6.45) is 0. The number of hydrogen-bond acceptors (Lipinski definition) is 5. The molecule has 0 saturated carbocycles. The van der Waals surface area contributed by atoms with Crippen LogP contribution in [-0.2, 0) is 0 Å². The van der Waals surface area contributed by atoms with Crippen LogP contribution in [0.5, 0.6) is 5.75 Å². The molecule has 130 valence electrons. The third kappa shape index (κ3) is 5.06. The zero-order chi connectivity index (χ0) is 18.4. The van der Waals surface area contributed by atoms with E-state index in [1.807, 2.05) is 0 Å². The van der Waals surface area contributed by atoms with Crippen molar-refractivity contribution in [2.45, 2.75) is 13.5 Å². The molecule has 0 unspecified atom stereocenters. The average molecular weight is 349 g/mol. The fourth-order valence-electron chi connectivity index (χ4n) is 1.90. The topological polar surface area (TPSA) is 93.8 Å². The molecule has 0 aromatic heterocycles. The van der Waals surface area contributed by atoms with E-state index < -0.39 is 17.4 Å². The van der Waals surface area contributed by atoms with E-state index in [1.165, 1.54) is 42.5 Å². The summed E-state index contributed by atoms with van der Waals surface area (Å²) in [7, 11) is 0. The zero-order valence-corrected chi connectivity index (χ0v) is 13.0. The fourth-order valence-corrected chi connectivity index (χ4v) is 1.90. The summed E-state index contributed by atoms with van der Waals surface area (Å²) in [6, 6.07) is 10.9. The summed E-state index contributed by atoms with van der Waals surface area (Å²) >= 11 is 0. The first kappa shape index (κ1) is 18.0. The Kier molecular flexibility index (Phi) is 5.72. The number of amides is 1. The minimum atomic E-state index is -2.94. The highest BCUT2D eigenvalue weighted by atomic mass is 19.3. The standard InChI is InChI=1S/C16H13F2N3O4/c1-10(12-3-2-4-14(9-12)25-16(17)18)19-20-15(22)11-5-7-13(8-6-11)21(23)24/h2-9,16H,1H3,(H,20,22)/b19-10-. The van der Waals surface area contributed by atoms with Crippen molar-refractivity contribution in [2.75, 3.05) is 0 Å². The molecule has 0 radical (unpaired) electrons. The molecule has 2 rings (SSSR count). The minimum Gasteiger partial charge on any atom is -0.435 e. The third-order valence-electron chi connectivity index (χ3n) is 3.14. The van der Waals surface area contributed by atoms with Crippen molar-refractivity contribution in [1.29, 1.82) is 0 Å². The van der Waals surface area contributed by atoms with Crippen LogP contribution in [0.1, 0.15) is 22.8 Å². The van der Waals surface area contributed by atoms with E-state index in [2.05, 4.69) is 15.3 Å². The summed E-state index contributed by atoms with van der Waals surface area (Å²) in [5, 5.41) is 14.5. The van der Waals surface area contributed by atoms with Gasteiger partial charge in [-0.1, -0.05) is 12.1 Å². The van der Waals surface area contributed by atoms with Crippen molar-refractivity contribution in [3.05, 3.63) is 69.8 Å². The molecule has 0 spiro atoms. The molecule has 0 saturated heterocycles. The predicted octanol–water partition coefficient (Wildman–Crippen LogP) is 3.35. The van der Waals surface area contributed by atoms with Crippen LogP contribution < -0.4 is 10.2 Å². The molecule has 0 fully saturated rings. The minimum absolute atomic E-state index is 0.0243. The van der Waals surface area contributed by atoms with Gasteiger partial charge in [-0.05, 0) is 31.2 Å². The lowest BCUT2D eigenvalue weighted by Gasteiger charge is -2.07. The number of alkyl halides is 2. The maximum Gasteiger partial charge on any atom is 0.387 e. The molecule has 0 bridgehead atoms. The number of nitrogens with one attached hydrogen (secondary N) is 1. The predicted molar refractivity (Wildman–Crippen MR) is 85.8 cm³/mol. The first-order valence-electron chi connectivity index (χ1n) is 7.01. The van der Waals surface area contributed by atoms with Crippen molar-refractivity contribution >= 4 is 17.3 Å². The highest BCUT2D eigenvalue weighted by Crippen LogP contribution is 2.16. The second kappa shape index (κ2) is 7.95. The Labute approximate surface area is 141 Å². The van der Waals surface area contributed by atoms with Gasteiger partial charge in [0.05, 0.1) is 10.6 Å². The van der Waals surface area contributed by atoms with Gasteiger partial charge in [0.1, 0.15) is 5.75 Å². The molecule has 2 aromatic rings. The second-order valence-electron chi connectivity index (χ2n) is 4.85. The molecule has 0 aliphatic heterocycles. The Morgan fingerprint density at radius 3 is 2.48 bits per heavy atom. The van der Waals surface area contributed by atoms with Gasteiger partial charge in [0.25, 0.3) is 11.6 Å². The van der Waals surface area contributed by atoms with E-state index in [-0.39, 0.29) is 17.0 Å². The number of carbonyl (C=O) groups is 1. The molecule has 9 heteroatoms. The molecule has 25 heavy (non-hydrogen) atoms. The molecule has 1 N–H and O–H groups in total. The Morgan fingerprint density at radius 1 is 1.20 bits per heavy atom. The van der Waals surface area contributed by atoms with Gasteiger partial charge in [-0.15, -0.1) is 0 Å². The summed E-state index contributed by atoms with van der Waals surface area (Å²) in [4.78, 5) is 22.0. The highest BCUT2D eigenvalue weighted by Gasteiger charge is 2.10. The van der Waals surface area contributed by atoms with Gasteiger partial charge in [-0.2, -0.15) is 13.9 Å². The molecular formula is C16H13F2N3O4. The maximum atomic E-state index is 12.2. The third-order valence-corrected chi connectivity index (χ3v) is 3.14. The van der Waals surface area contributed by atoms with Crippen LogP contribution in [-0.4, -0.2) is 23.2 Å². The molecular weight excluding hydrogens is 336 g/mol. The van der Waals surface area contributed by atoms with Crippen molar-refractivity contribution in [2.24, 2.45) is 5.10 Å². The molecule has 0 aliphatic rings. The van der Waals surface area contributed by atoms with Crippen molar-refractivity contribution in [1.82, 2.24) is 5.43 Å². The number of nitrogens with zero attached hydrogens (tertiary/aromatic N) is 2. The first-order chi connectivity index (χ1) is 11.9. The van der Waals surface area contributed by atoms with E-state index in [0.29, 0.717) is 11.3 Å². The number of carbonyl (C=O) groups excluding carboxylic acids is 1. The number of halogens is 2. The van der Waals surface area contributed by atoms with Gasteiger partial charge in [0.2, 0.25) is 0 Å². The number of rotatable bonds is 6. The van der Waals surface area contributed by atoms with E-state index in [1.54, 1.807) is 13.0 Å². The lowest BCUT2D eigenvalue weighted by Crippen LogP contribution is -2.19. The average Bonchev–Trinajstić information content (AvgIpc) is 2.59. The number of hydrazone groups is 1. The van der Waals surface area contributed by atoms with E-state index in [0.717, 1.165) is 0 Å². The summed E-state index contributed by atoms with van der Waals surface area (Å²) in [6.45, 7) is -1.35. The Bertz CT molecular complexity index is 807. The number of non-ortho nitro benzene ring substituents is 1. The van der Waals surface area contributed by atoms with E-state index in [9.17, 15) is 23.7 Å². The quantitative estimate of drug-likeness (QED) is 0.492. The Morgan fingerprint density at radius 2 is 1.88 bits per heavy atom. The van der Waals surface area contributed by atoms with Crippen LogP contribution in [0.2, 0.25) is 0 Å². The monoisotopic (exact) mass is 349 g/mol. The van der Waals surface area contributed by atoms with Crippen LogP contribution in [0, 0.1) is 10.1 Å². The molecule has 0 heterocycles. The first-order valence-corrected chi connectivity index (χ1v) is 7.01. The van der Waals surface area contributed by atoms with Gasteiger partial charge in [0.15, 0.2) is 0 Å². The van der Waals surface area contributed by atoms with Crippen LogP contribution in [0.4, 0.5) is 14.5 Å². The summed E-state index contributed by atoms with van der Waals surface area (Å²) in [5.74, 6) is -0.585. The van der Waals surface area contributed by atoms with Gasteiger partial charge in [-0.3, -0.25) is 14.9 Å². The maximum absolute atomic E-state index is 12.2. The molecule has 0 atom stereocenters. The van der Waals surface area contributed by atoms with Gasteiger partial charge >= 0.3 is 6.61 Å². The largest absolute Gasteiger partial charge is 0.435 e. The molecule has 7 nitrogen and oxygen atoms in total. The van der Waals surface area contributed by atoms with E-state index in [4.69, 9.17) is 0 Å². The number of ether oxygens (including phenoxy) is 1. The molecule has 0 aliphatic carbocycles. The SMILES string of the molecule is C/C(=N/NC(=O)c1ccc([N+](=O)[O-])cc1)c1cccc(OC(F)F)c1. The van der Waals surface area contributed by atoms with Crippen LogP contribution in [0.3, 0.4) is 0 Å². The molecule has 1 amide bonds. The molecule has 2 aromatic carbocycles. The van der Waals surface area contributed by atoms with Crippen LogP contribution >= 0.6 is 0 Å². The lowest BCUT2D eigenvalue weighted by molar-refractivity contribution is -0.384.